The predicted octanol–water partition coefficient (Wildman–Crippen LogP) is 4.33. The van der Waals surface area contributed by atoms with Crippen molar-refractivity contribution >= 4 is 6.09 Å². The first kappa shape index (κ1) is 16.5. The van der Waals surface area contributed by atoms with Crippen LogP contribution in [0.2, 0.25) is 0 Å². The largest absolute Gasteiger partial charge is 0.444 e. The molecule has 1 N–H and O–H groups in total. The van der Waals surface area contributed by atoms with Gasteiger partial charge in [-0.3, -0.25) is 5.32 Å². The lowest BCUT2D eigenvalue weighted by molar-refractivity contribution is 0.0548. The first-order valence-electron chi connectivity index (χ1n) is 6.32. The van der Waals surface area contributed by atoms with Gasteiger partial charge < -0.3 is 4.74 Å². The fraction of sp³-hybridized carbons (Fsp3) is 0.533. The van der Waals surface area contributed by atoms with Gasteiger partial charge in [-0.2, -0.15) is 0 Å². The van der Waals surface area contributed by atoms with Gasteiger partial charge in [0, 0.05) is 5.70 Å². The van der Waals surface area contributed by atoms with Crippen LogP contribution < -0.4 is 5.32 Å². The van der Waals surface area contributed by atoms with Crippen molar-refractivity contribution in [1.29, 1.82) is 0 Å². The van der Waals surface area contributed by atoms with Crippen LogP contribution in [0.15, 0.2) is 35.6 Å². The first-order chi connectivity index (χ1) is 8.32. The number of hydrogen-bond donors (Lipinski definition) is 1. The zero-order valence-electron chi connectivity index (χ0n) is 12.3. The van der Waals surface area contributed by atoms with E-state index in [9.17, 15) is 4.79 Å². The van der Waals surface area contributed by atoms with Crippen molar-refractivity contribution < 1.29 is 9.53 Å². The second-order valence-corrected chi connectivity index (χ2v) is 4.94. The van der Waals surface area contributed by atoms with E-state index in [1.807, 2.05) is 58.9 Å². The van der Waals surface area contributed by atoms with Gasteiger partial charge in [-0.05, 0) is 52.7 Å². The molecule has 0 radical (unpaired) electrons. The number of rotatable bonds is 4. The van der Waals surface area contributed by atoms with Gasteiger partial charge in [0.1, 0.15) is 5.60 Å². The molecular weight excluding hydrogens is 226 g/mol. The van der Waals surface area contributed by atoms with Crippen molar-refractivity contribution in [2.75, 3.05) is 0 Å². The van der Waals surface area contributed by atoms with Crippen LogP contribution in [0, 0.1) is 0 Å². The Morgan fingerprint density at radius 1 is 1.28 bits per heavy atom. The normalized spacial score (nSPS) is 13.9. The Balaban J connectivity index is 4.68. The molecule has 0 saturated carbocycles. The molecule has 0 aliphatic rings. The molecule has 0 aromatic heterocycles. The molecule has 0 aliphatic heterocycles. The van der Waals surface area contributed by atoms with Gasteiger partial charge in [-0.1, -0.05) is 25.2 Å². The lowest BCUT2D eigenvalue weighted by atomic mass is 10.1. The topological polar surface area (TPSA) is 38.3 Å². The minimum atomic E-state index is -0.483. The molecule has 0 aromatic carbocycles. The number of nitrogens with one attached hydrogen (secondary N) is 1. The van der Waals surface area contributed by atoms with Crippen LogP contribution in [0.25, 0.3) is 0 Å². The maximum absolute atomic E-state index is 11.6. The standard InChI is InChI=1S/C15H25NO2/c1-7-10-12(8-2)11-13(9-3)16-14(17)18-15(4,5)6/h7,9-11H,8H2,1-6H3,(H,16,17)/b10-7-,12-11-,13-9?. The van der Waals surface area contributed by atoms with Crippen LogP contribution in [0.1, 0.15) is 48.0 Å². The van der Waals surface area contributed by atoms with Gasteiger partial charge in [-0.15, -0.1) is 0 Å². The summed E-state index contributed by atoms with van der Waals surface area (Å²) in [5.41, 5.74) is 1.42. The summed E-state index contributed by atoms with van der Waals surface area (Å²) in [6, 6.07) is 0. The number of alkyl carbamates (subject to hydrolysis) is 1. The Morgan fingerprint density at radius 3 is 2.28 bits per heavy atom. The zero-order valence-corrected chi connectivity index (χ0v) is 12.3. The molecule has 0 aliphatic carbocycles. The third-order valence-electron chi connectivity index (χ3n) is 2.09. The fourth-order valence-electron chi connectivity index (χ4n) is 1.29. The molecule has 0 aromatic rings. The van der Waals surface area contributed by atoms with Gasteiger partial charge >= 0.3 is 6.09 Å². The Bertz CT molecular complexity index is 357. The SMILES string of the molecule is CC=C(/C=C(\C=C/C)CC)NC(=O)OC(C)(C)C. The number of amides is 1. The van der Waals surface area contributed by atoms with E-state index in [-0.39, 0.29) is 0 Å². The Labute approximate surface area is 111 Å². The molecule has 0 heterocycles. The molecule has 0 fully saturated rings. The van der Waals surface area contributed by atoms with E-state index in [4.69, 9.17) is 4.74 Å². The van der Waals surface area contributed by atoms with Gasteiger partial charge in [0.25, 0.3) is 0 Å². The molecule has 18 heavy (non-hydrogen) atoms. The summed E-state index contributed by atoms with van der Waals surface area (Å²) in [5, 5.41) is 2.74. The van der Waals surface area contributed by atoms with Crippen molar-refractivity contribution in [2.24, 2.45) is 0 Å². The van der Waals surface area contributed by atoms with E-state index in [1.54, 1.807) is 0 Å². The molecule has 3 nitrogen and oxygen atoms in total. The summed E-state index contributed by atoms with van der Waals surface area (Å²) in [5.74, 6) is 0. The predicted molar refractivity (Wildman–Crippen MR) is 76.3 cm³/mol. The smallest absolute Gasteiger partial charge is 0.412 e. The van der Waals surface area contributed by atoms with Gasteiger partial charge in [0.15, 0.2) is 0 Å². The molecule has 0 atom stereocenters. The second kappa shape index (κ2) is 7.75. The van der Waals surface area contributed by atoms with E-state index in [0.717, 1.165) is 17.7 Å². The average Bonchev–Trinajstić information content (AvgIpc) is 2.24. The van der Waals surface area contributed by atoms with E-state index in [2.05, 4.69) is 12.2 Å². The van der Waals surface area contributed by atoms with Crippen molar-refractivity contribution in [3.05, 3.63) is 35.6 Å². The molecule has 3 heteroatoms. The maximum atomic E-state index is 11.6. The van der Waals surface area contributed by atoms with Crippen LogP contribution in [0.5, 0.6) is 0 Å². The highest BCUT2D eigenvalue weighted by Crippen LogP contribution is 2.09. The van der Waals surface area contributed by atoms with Crippen molar-refractivity contribution in [2.45, 2.75) is 53.6 Å². The molecule has 0 bridgehead atoms. The third kappa shape index (κ3) is 7.71. The van der Waals surface area contributed by atoms with Crippen LogP contribution in [0.3, 0.4) is 0 Å². The average molecular weight is 251 g/mol. The lowest BCUT2D eigenvalue weighted by Crippen LogP contribution is -2.31. The van der Waals surface area contributed by atoms with Gasteiger partial charge in [0.2, 0.25) is 0 Å². The fourth-order valence-corrected chi connectivity index (χ4v) is 1.29. The molecule has 0 unspecified atom stereocenters. The van der Waals surface area contributed by atoms with Crippen LogP contribution in [-0.4, -0.2) is 11.7 Å². The summed E-state index contributed by atoms with van der Waals surface area (Å²) in [4.78, 5) is 11.6. The highest BCUT2D eigenvalue weighted by atomic mass is 16.6. The summed E-state index contributed by atoms with van der Waals surface area (Å²) < 4.78 is 5.21. The van der Waals surface area contributed by atoms with E-state index in [0.29, 0.717) is 0 Å². The lowest BCUT2D eigenvalue weighted by Gasteiger charge is -2.20. The molecule has 0 rings (SSSR count). The number of carbonyl (C=O) groups is 1. The minimum absolute atomic E-state index is 0.428. The number of carbonyl (C=O) groups excluding carboxylic acids is 1. The van der Waals surface area contributed by atoms with E-state index in [1.165, 1.54) is 0 Å². The van der Waals surface area contributed by atoms with E-state index < -0.39 is 11.7 Å². The van der Waals surface area contributed by atoms with Crippen molar-refractivity contribution in [3.8, 4) is 0 Å². The highest BCUT2D eigenvalue weighted by molar-refractivity contribution is 5.70. The van der Waals surface area contributed by atoms with Crippen LogP contribution >= 0.6 is 0 Å². The van der Waals surface area contributed by atoms with Crippen molar-refractivity contribution in [3.63, 3.8) is 0 Å². The molecule has 0 spiro atoms. The maximum Gasteiger partial charge on any atom is 0.412 e. The molecular formula is C15H25NO2. The van der Waals surface area contributed by atoms with E-state index >= 15 is 0 Å². The molecule has 1 amide bonds. The number of hydrogen-bond acceptors (Lipinski definition) is 2. The zero-order chi connectivity index (χ0) is 14.2. The number of ether oxygens (including phenoxy) is 1. The summed E-state index contributed by atoms with van der Waals surface area (Å²) in [6.45, 7) is 11.5. The quantitative estimate of drug-likeness (QED) is 0.755. The van der Waals surface area contributed by atoms with Gasteiger partial charge in [0.05, 0.1) is 0 Å². The van der Waals surface area contributed by atoms with Gasteiger partial charge in [-0.25, -0.2) is 4.79 Å². The third-order valence-corrected chi connectivity index (χ3v) is 2.09. The molecule has 0 saturated heterocycles. The summed E-state index contributed by atoms with van der Waals surface area (Å²) >= 11 is 0. The second-order valence-electron chi connectivity index (χ2n) is 4.94. The summed E-state index contributed by atoms with van der Waals surface area (Å²) in [6.07, 6.45) is 8.30. The minimum Gasteiger partial charge on any atom is -0.444 e. The first-order valence-corrected chi connectivity index (χ1v) is 6.32. The Hall–Kier alpha value is -1.51. The molecule has 102 valence electrons. The Kier molecular flexibility index (Phi) is 7.10. The highest BCUT2D eigenvalue weighted by Gasteiger charge is 2.16. The monoisotopic (exact) mass is 251 g/mol. The van der Waals surface area contributed by atoms with Crippen LogP contribution in [0.4, 0.5) is 4.79 Å². The Morgan fingerprint density at radius 2 is 1.89 bits per heavy atom. The van der Waals surface area contributed by atoms with Crippen molar-refractivity contribution in [1.82, 2.24) is 5.32 Å². The number of allylic oxidation sites excluding steroid dienone is 5. The van der Waals surface area contributed by atoms with Crippen LogP contribution in [-0.2, 0) is 4.74 Å². The summed E-state index contributed by atoms with van der Waals surface area (Å²) in [7, 11) is 0.